The van der Waals surface area contributed by atoms with Crippen molar-refractivity contribution in [2.24, 2.45) is 5.18 Å². The van der Waals surface area contributed by atoms with Gasteiger partial charge in [0.15, 0.2) is 5.69 Å². The number of hydrogen-bond acceptors (Lipinski definition) is 4. The normalized spacial score (nSPS) is 10.6. The maximum Gasteiger partial charge on any atom is 0.283 e. The van der Waals surface area contributed by atoms with Gasteiger partial charge in [-0.25, -0.2) is 0 Å². The lowest BCUT2D eigenvalue weighted by Gasteiger charge is -2.09. The Bertz CT molecular complexity index is 616. The topological polar surface area (TPSA) is 71.7 Å². The van der Waals surface area contributed by atoms with Crippen LogP contribution < -0.4 is 5.56 Å². The van der Waals surface area contributed by atoms with Crippen molar-refractivity contribution in [1.29, 1.82) is 0 Å². The number of fused-ring (bicyclic) bond motifs is 1. The Morgan fingerprint density at radius 1 is 1.31 bits per heavy atom. The van der Waals surface area contributed by atoms with Crippen LogP contribution in [0, 0.1) is 4.91 Å². The van der Waals surface area contributed by atoms with Gasteiger partial charge in [0.05, 0.1) is 0 Å². The van der Waals surface area contributed by atoms with Crippen LogP contribution in [0.25, 0.3) is 10.8 Å². The van der Waals surface area contributed by atoms with Crippen LogP contribution >= 0.6 is 0 Å². The first kappa shape index (κ1) is 10.4. The highest BCUT2D eigenvalue weighted by molar-refractivity contribution is 5.95. The summed E-state index contributed by atoms with van der Waals surface area (Å²) in [4.78, 5) is 22.5. The molecule has 1 aromatic heterocycles. The predicted molar refractivity (Wildman–Crippen MR) is 61.0 cm³/mol. The standard InChI is InChI=1S/C11H10N2O3/c1-2-13-10(14)8-6-4-3-5-7(8)9(12-16)11(13)15/h3-6,14H,2H2,1H3. The lowest BCUT2D eigenvalue weighted by atomic mass is 10.1. The molecular weight excluding hydrogens is 208 g/mol. The van der Waals surface area contributed by atoms with Crippen molar-refractivity contribution in [1.82, 2.24) is 4.57 Å². The molecule has 2 rings (SSSR count). The molecule has 1 heterocycles. The molecule has 1 N–H and O–H groups in total. The van der Waals surface area contributed by atoms with Gasteiger partial charge in [0.1, 0.15) is 0 Å². The van der Waals surface area contributed by atoms with Crippen molar-refractivity contribution in [3.05, 3.63) is 39.5 Å². The summed E-state index contributed by atoms with van der Waals surface area (Å²) in [7, 11) is 0. The Hall–Kier alpha value is -2.17. The van der Waals surface area contributed by atoms with E-state index in [9.17, 15) is 14.8 Å². The summed E-state index contributed by atoms with van der Waals surface area (Å²) in [5.74, 6) is -0.129. The second kappa shape index (κ2) is 3.77. The van der Waals surface area contributed by atoms with Gasteiger partial charge in [0, 0.05) is 17.3 Å². The smallest absolute Gasteiger partial charge is 0.283 e. The monoisotopic (exact) mass is 218 g/mol. The molecule has 0 amide bonds. The first-order chi connectivity index (χ1) is 7.70. The molecular formula is C11H10N2O3. The number of pyridine rings is 1. The Balaban J connectivity index is 3.06. The minimum absolute atomic E-state index is 0.129. The number of benzene rings is 1. The van der Waals surface area contributed by atoms with Gasteiger partial charge in [-0.05, 0) is 18.2 Å². The van der Waals surface area contributed by atoms with Gasteiger partial charge in [-0.15, -0.1) is 4.91 Å². The molecule has 0 atom stereocenters. The van der Waals surface area contributed by atoms with Crippen LogP contribution in [0.5, 0.6) is 5.88 Å². The molecule has 0 saturated heterocycles. The fourth-order valence-electron chi connectivity index (χ4n) is 1.75. The van der Waals surface area contributed by atoms with E-state index in [0.29, 0.717) is 10.8 Å². The van der Waals surface area contributed by atoms with Gasteiger partial charge in [0.25, 0.3) is 5.56 Å². The third-order valence-electron chi connectivity index (χ3n) is 2.53. The molecule has 16 heavy (non-hydrogen) atoms. The molecule has 5 nitrogen and oxygen atoms in total. The van der Waals surface area contributed by atoms with Crippen LogP contribution in [0.4, 0.5) is 5.69 Å². The van der Waals surface area contributed by atoms with E-state index < -0.39 is 5.56 Å². The summed E-state index contributed by atoms with van der Waals surface area (Å²) >= 11 is 0. The molecule has 0 aliphatic carbocycles. The number of aromatic nitrogens is 1. The van der Waals surface area contributed by atoms with Crippen molar-refractivity contribution in [3.8, 4) is 5.88 Å². The lowest BCUT2D eigenvalue weighted by molar-refractivity contribution is 0.419. The van der Waals surface area contributed by atoms with E-state index in [4.69, 9.17) is 0 Å². The number of aromatic hydroxyl groups is 1. The largest absolute Gasteiger partial charge is 0.494 e. The third-order valence-corrected chi connectivity index (χ3v) is 2.53. The van der Waals surface area contributed by atoms with Crippen molar-refractivity contribution in [3.63, 3.8) is 0 Å². The molecule has 0 saturated carbocycles. The van der Waals surface area contributed by atoms with Gasteiger partial charge >= 0.3 is 0 Å². The molecule has 0 radical (unpaired) electrons. The lowest BCUT2D eigenvalue weighted by Crippen LogP contribution is -2.18. The van der Waals surface area contributed by atoms with Gasteiger partial charge in [0.2, 0.25) is 5.88 Å². The van der Waals surface area contributed by atoms with Crippen LogP contribution in [-0.2, 0) is 6.54 Å². The van der Waals surface area contributed by atoms with Crippen LogP contribution in [0.3, 0.4) is 0 Å². The number of hydrogen-bond donors (Lipinski definition) is 1. The van der Waals surface area contributed by atoms with E-state index in [1.165, 1.54) is 0 Å². The molecule has 0 aliphatic heterocycles. The van der Waals surface area contributed by atoms with E-state index in [2.05, 4.69) is 5.18 Å². The van der Waals surface area contributed by atoms with Crippen molar-refractivity contribution >= 4 is 16.5 Å². The molecule has 1 aromatic carbocycles. The van der Waals surface area contributed by atoms with Gasteiger partial charge in [-0.3, -0.25) is 9.36 Å². The first-order valence-electron chi connectivity index (χ1n) is 4.88. The summed E-state index contributed by atoms with van der Waals surface area (Å²) in [5, 5.41) is 13.5. The van der Waals surface area contributed by atoms with Crippen molar-refractivity contribution in [2.75, 3.05) is 0 Å². The molecule has 82 valence electrons. The summed E-state index contributed by atoms with van der Waals surface area (Å²) < 4.78 is 1.12. The zero-order valence-electron chi connectivity index (χ0n) is 8.67. The predicted octanol–water partition coefficient (Wildman–Crippen LogP) is 2.12. The first-order valence-corrected chi connectivity index (χ1v) is 4.88. The van der Waals surface area contributed by atoms with E-state index in [0.717, 1.165) is 4.57 Å². The highest BCUT2D eigenvalue weighted by atomic mass is 16.3. The van der Waals surface area contributed by atoms with Gasteiger partial charge in [-0.2, -0.15) is 0 Å². The summed E-state index contributed by atoms with van der Waals surface area (Å²) in [5.41, 5.74) is -0.719. The average molecular weight is 218 g/mol. The molecule has 2 aromatic rings. The molecule has 0 fully saturated rings. The van der Waals surface area contributed by atoms with Crippen LogP contribution in [-0.4, -0.2) is 9.67 Å². The zero-order chi connectivity index (χ0) is 11.7. The molecule has 0 bridgehead atoms. The van der Waals surface area contributed by atoms with Crippen LogP contribution in [0.15, 0.2) is 34.2 Å². The Morgan fingerprint density at radius 2 is 1.94 bits per heavy atom. The number of nitroso groups, excluding NO2 is 1. The van der Waals surface area contributed by atoms with Gasteiger partial charge < -0.3 is 5.11 Å². The summed E-state index contributed by atoms with van der Waals surface area (Å²) in [6.45, 7) is 2.00. The second-order valence-corrected chi connectivity index (χ2v) is 3.36. The maximum absolute atomic E-state index is 11.8. The van der Waals surface area contributed by atoms with Crippen LogP contribution in [0.1, 0.15) is 6.92 Å². The summed E-state index contributed by atoms with van der Waals surface area (Å²) in [6.07, 6.45) is 0. The fraction of sp³-hybridized carbons (Fsp3) is 0.182. The summed E-state index contributed by atoms with van der Waals surface area (Å²) in [6, 6.07) is 6.64. The minimum Gasteiger partial charge on any atom is -0.494 e. The zero-order valence-corrected chi connectivity index (χ0v) is 8.67. The molecule has 0 spiro atoms. The maximum atomic E-state index is 11.8. The Labute approximate surface area is 90.9 Å². The highest BCUT2D eigenvalue weighted by Gasteiger charge is 2.14. The van der Waals surface area contributed by atoms with Crippen molar-refractivity contribution < 1.29 is 5.11 Å². The van der Waals surface area contributed by atoms with E-state index in [-0.39, 0.29) is 18.1 Å². The number of nitrogens with zero attached hydrogens (tertiary/aromatic N) is 2. The second-order valence-electron chi connectivity index (χ2n) is 3.36. The third kappa shape index (κ3) is 1.29. The number of rotatable bonds is 2. The van der Waals surface area contributed by atoms with E-state index in [1.54, 1.807) is 31.2 Å². The van der Waals surface area contributed by atoms with E-state index in [1.807, 2.05) is 0 Å². The molecule has 5 heteroatoms. The SMILES string of the molecule is CCn1c(O)c2ccccc2c(N=O)c1=O. The quantitative estimate of drug-likeness (QED) is 0.785. The minimum atomic E-state index is -0.561. The highest BCUT2D eigenvalue weighted by Crippen LogP contribution is 2.28. The van der Waals surface area contributed by atoms with Gasteiger partial charge in [-0.1, -0.05) is 18.2 Å². The average Bonchev–Trinajstić information content (AvgIpc) is 2.30. The Morgan fingerprint density at radius 3 is 2.50 bits per heavy atom. The Kier molecular flexibility index (Phi) is 2.44. The van der Waals surface area contributed by atoms with E-state index >= 15 is 0 Å². The molecule has 0 unspecified atom stereocenters. The molecule has 0 aliphatic rings. The van der Waals surface area contributed by atoms with Crippen molar-refractivity contribution in [2.45, 2.75) is 13.5 Å². The fourth-order valence-corrected chi connectivity index (χ4v) is 1.75. The van der Waals surface area contributed by atoms with Crippen LogP contribution in [0.2, 0.25) is 0 Å².